The molecule has 78 valence electrons. The van der Waals surface area contributed by atoms with Crippen LogP contribution >= 0.6 is 0 Å². The summed E-state index contributed by atoms with van der Waals surface area (Å²) in [5, 5.41) is 16.8. The van der Waals surface area contributed by atoms with Gasteiger partial charge in [0, 0.05) is 19.0 Å². The van der Waals surface area contributed by atoms with Crippen LogP contribution in [-0.4, -0.2) is 38.6 Å². The maximum atomic E-state index is 9.39. The third kappa shape index (κ3) is 1.65. The van der Waals surface area contributed by atoms with Gasteiger partial charge in [-0.1, -0.05) is 0 Å². The van der Waals surface area contributed by atoms with Crippen LogP contribution in [0, 0.1) is 0 Å². The first-order chi connectivity index (χ1) is 6.76. The number of rotatable bonds is 3. The second kappa shape index (κ2) is 3.67. The van der Waals surface area contributed by atoms with Gasteiger partial charge in [0.1, 0.15) is 12.2 Å². The molecule has 0 aliphatic carbocycles. The fraction of sp³-hybridized carbons (Fsp3) is 0.778. The topological polar surface area (TPSA) is 63.0 Å². The molecule has 2 heterocycles. The number of aliphatic hydroxyl groups excluding tert-OH is 1. The first kappa shape index (κ1) is 9.61. The Morgan fingerprint density at radius 3 is 3.07 bits per heavy atom. The van der Waals surface area contributed by atoms with Crippen LogP contribution in [0.15, 0.2) is 6.33 Å². The number of aromatic nitrogens is 3. The number of nitrogens with one attached hydrogen (secondary N) is 1. The Morgan fingerprint density at radius 1 is 1.71 bits per heavy atom. The molecular weight excluding hydrogens is 180 g/mol. The SMILES string of the molecule is Cn1ncnc1CC1(CO)CCCN1. The van der Waals surface area contributed by atoms with Crippen LogP contribution in [0.2, 0.25) is 0 Å². The Morgan fingerprint density at radius 2 is 2.57 bits per heavy atom. The highest BCUT2D eigenvalue weighted by molar-refractivity contribution is 5.01. The molecule has 2 N–H and O–H groups in total. The van der Waals surface area contributed by atoms with Crippen molar-refractivity contribution >= 4 is 0 Å². The van der Waals surface area contributed by atoms with E-state index in [-0.39, 0.29) is 12.1 Å². The van der Waals surface area contributed by atoms with Crippen molar-refractivity contribution in [2.75, 3.05) is 13.2 Å². The van der Waals surface area contributed by atoms with Crippen LogP contribution in [0.1, 0.15) is 18.7 Å². The zero-order valence-electron chi connectivity index (χ0n) is 8.40. The summed E-state index contributed by atoms with van der Waals surface area (Å²) in [6, 6.07) is 0. The van der Waals surface area contributed by atoms with Gasteiger partial charge < -0.3 is 10.4 Å². The lowest BCUT2D eigenvalue weighted by Crippen LogP contribution is -2.46. The van der Waals surface area contributed by atoms with Crippen molar-refractivity contribution in [2.24, 2.45) is 7.05 Å². The minimum Gasteiger partial charge on any atom is -0.394 e. The first-order valence-corrected chi connectivity index (χ1v) is 4.94. The highest BCUT2D eigenvalue weighted by atomic mass is 16.3. The molecule has 1 aromatic heterocycles. The lowest BCUT2D eigenvalue weighted by atomic mass is 9.94. The second-order valence-corrected chi connectivity index (χ2v) is 3.95. The lowest BCUT2D eigenvalue weighted by molar-refractivity contribution is 0.174. The van der Waals surface area contributed by atoms with Crippen molar-refractivity contribution in [3.8, 4) is 0 Å². The number of hydrogen-bond acceptors (Lipinski definition) is 4. The predicted molar refractivity (Wildman–Crippen MR) is 51.8 cm³/mol. The van der Waals surface area contributed by atoms with Gasteiger partial charge in [0.15, 0.2) is 0 Å². The molecule has 0 aromatic carbocycles. The molecule has 0 amide bonds. The second-order valence-electron chi connectivity index (χ2n) is 3.95. The monoisotopic (exact) mass is 196 g/mol. The van der Waals surface area contributed by atoms with E-state index >= 15 is 0 Å². The van der Waals surface area contributed by atoms with E-state index in [1.54, 1.807) is 11.0 Å². The average molecular weight is 196 g/mol. The average Bonchev–Trinajstić information content (AvgIpc) is 2.79. The largest absolute Gasteiger partial charge is 0.394 e. The standard InChI is InChI=1S/C9H16N4O/c1-13-8(10-7-12-13)5-9(6-14)3-2-4-11-9/h7,11,14H,2-6H2,1H3. The van der Waals surface area contributed by atoms with Crippen LogP contribution in [0.3, 0.4) is 0 Å². The summed E-state index contributed by atoms with van der Waals surface area (Å²) < 4.78 is 1.76. The van der Waals surface area contributed by atoms with E-state index in [4.69, 9.17) is 0 Å². The predicted octanol–water partition coefficient (Wildman–Crippen LogP) is -0.528. The summed E-state index contributed by atoms with van der Waals surface area (Å²) in [5.41, 5.74) is -0.166. The molecular formula is C9H16N4O. The van der Waals surface area contributed by atoms with Crippen LogP contribution in [0.4, 0.5) is 0 Å². The van der Waals surface area contributed by atoms with Crippen LogP contribution in [0.5, 0.6) is 0 Å². The van der Waals surface area contributed by atoms with Crippen molar-refractivity contribution in [1.29, 1.82) is 0 Å². The van der Waals surface area contributed by atoms with Crippen molar-refractivity contribution in [2.45, 2.75) is 24.8 Å². The number of hydrogen-bond donors (Lipinski definition) is 2. The molecule has 5 heteroatoms. The van der Waals surface area contributed by atoms with Crippen molar-refractivity contribution in [1.82, 2.24) is 20.1 Å². The zero-order valence-corrected chi connectivity index (χ0v) is 8.40. The van der Waals surface area contributed by atoms with Crippen molar-refractivity contribution in [3.63, 3.8) is 0 Å². The molecule has 0 saturated carbocycles. The van der Waals surface area contributed by atoms with Gasteiger partial charge in [-0.15, -0.1) is 0 Å². The molecule has 1 aliphatic rings. The number of aryl methyl sites for hydroxylation is 1. The van der Waals surface area contributed by atoms with Gasteiger partial charge in [0.25, 0.3) is 0 Å². The van der Waals surface area contributed by atoms with E-state index < -0.39 is 0 Å². The van der Waals surface area contributed by atoms with Crippen molar-refractivity contribution in [3.05, 3.63) is 12.2 Å². The highest BCUT2D eigenvalue weighted by Crippen LogP contribution is 2.22. The summed E-state index contributed by atoms with van der Waals surface area (Å²) in [4.78, 5) is 4.17. The summed E-state index contributed by atoms with van der Waals surface area (Å²) in [6.07, 6.45) is 4.43. The normalized spacial score (nSPS) is 27.0. The van der Waals surface area contributed by atoms with E-state index in [0.29, 0.717) is 0 Å². The Hall–Kier alpha value is -0.940. The summed E-state index contributed by atoms with van der Waals surface area (Å²) >= 11 is 0. The summed E-state index contributed by atoms with van der Waals surface area (Å²) in [6.45, 7) is 1.15. The maximum Gasteiger partial charge on any atom is 0.138 e. The van der Waals surface area contributed by atoms with E-state index in [1.807, 2.05) is 7.05 Å². The molecule has 0 bridgehead atoms. The molecule has 5 nitrogen and oxygen atoms in total. The minimum absolute atomic E-state index is 0.166. The van der Waals surface area contributed by atoms with Gasteiger partial charge >= 0.3 is 0 Å². The summed E-state index contributed by atoms with van der Waals surface area (Å²) in [5.74, 6) is 0.924. The number of nitrogens with zero attached hydrogens (tertiary/aromatic N) is 3. The molecule has 1 saturated heterocycles. The Labute approximate surface area is 83.2 Å². The van der Waals surface area contributed by atoms with Gasteiger partial charge in [0.05, 0.1) is 6.61 Å². The molecule has 1 aromatic rings. The maximum absolute atomic E-state index is 9.39. The Bertz CT molecular complexity index is 304. The Balaban J connectivity index is 2.12. The molecule has 1 unspecified atom stereocenters. The highest BCUT2D eigenvalue weighted by Gasteiger charge is 2.34. The molecule has 0 spiro atoms. The third-order valence-corrected chi connectivity index (χ3v) is 2.94. The van der Waals surface area contributed by atoms with Crippen LogP contribution in [-0.2, 0) is 13.5 Å². The van der Waals surface area contributed by atoms with E-state index in [0.717, 1.165) is 31.6 Å². The molecule has 14 heavy (non-hydrogen) atoms. The summed E-state index contributed by atoms with van der Waals surface area (Å²) in [7, 11) is 1.88. The van der Waals surface area contributed by atoms with Crippen molar-refractivity contribution < 1.29 is 5.11 Å². The van der Waals surface area contributed by atoms with E-state index in [9.17, 15) is 5.11 Å². The molecule has 2 rings (SSSR count). The molecule has 0 radical (unpaired) electrons. The molecule has 1 aliphatic heterocycles. The van der Waals surface area contributed by atoms with E-state index in [1.165, 1.54) is 0 Å². The zero-order chi connectivity index (χ0) is 10.0. The fourth-order valence-corrected chi connectivity index (χ4v) is 1.99. The van der Waals surface area contributed by atoms with Gasteiger partial charge in [-0.05, 0) is 19.4 Å². The number of aliphatic hydroxyl groups is 1. The molecule has 1 fully saturated rings. The quantitative estimate of drug-likeness (QED) is 0.682. The Kier molecular flexibility index (Phi) is 2.52. The minimum atomic E-state index is -0.166. The van der Waals surface area contributed by atoms with Crippen LogP contribution in [0.25, 0.3) is 0 Å². The first-order valence-electron chi connectivity index (χ1n) is 4.94. The van der Waals surface area contributed by atoms with Crippen LogP contribution < -0.4 is 5.32 Å². The fourth-order valence-electron chi connectivity index (χ4n) is 1.99. The van der Waals surface area contributed by atoms with Gasteiger partial charge in [-0.3, -0.25) is 4.68 Å². The van der Waals surface area contributed by atoms with Gasteiger partial charge in [0.2, 0.25) is 0 Å². The third-order valence-electron chi connectivity index (χ3n) is 2.94. The van der Waals surface area contributed by atoms with Gasteiger partial charge in [-0.2, -0.15) is 5.10 Å². The smallest absolute Gasteiger partial charge is 0.138 e. The van der Waals surface area contributed by atoms with E-state index in [2.05, 4.69) is 15.4 Å². The molecule has 1 atom stereocenters. The van der Waals surface area contributed by atoms with Gasteiger partial charge in [-0.25, -0.2) is 4.98 Å². The lowest BCUT2D eigenvalue weighted by Gasteiger charge is -2.26.